The van der Waals surface area contributed by atoms with Crippen LogP contribution in [0.4, 0.5) is 0 Å². The van der Waals surface area contributed by atoms with Gasteiger partial charge in [-0.05, 0) is 167 Å². The lowest BCUT2D eigenvalue weighted by molar-refractivity contribution is -0.161. The van der Waals surface area contributed by atoms with Crippen molar-refractivity contribution in [1.82, 2.24) is 0 Å². The number of carbonyl (C=O) groups is 4. The molecule has 2 unspecified atom stereocenters. The molecule has 0 aromatic heterocycles. The summed E-state index contributed by atoms with van der Waals surface area (Å²) < 4.78 is 68.5. The molecule has 0 bridgehead atoms. The third kappa shape index (κ3) is 80.2. The van der Waals surface area contributed by atoms with Gasteiger partial charge in [-0.2, -0.15) is 0 Å². The predicted octanol–water partition coefficient (Wildman–Crippen LogP) is 25.1. The molecule has 110 heavy (non-hydrogen) atoms. The maximum Gasteiger partial charge on any atom is 0.472 e. The molecule has 0 spiro atoms. The first-order chi connectivity index (χ1) is 53.7. The number of rotatable bonds is 77. The number of hydrogen-bond acceptors (Lipinski definition) is 15. The van der Waals surface area contributed by atoms with Crippen LogP contribution in [0.5, 0.6) is 0 Å². The summed E-state index contributed by atoms with van der Waals surface area (Å²) >= 11 is 0. The molecule has 0 amide bonds. The number of aliphatic hydroxyl groups is 1. The van der Waals surface area contributed by atoms with E-state index in [1.807, 2.05) is 48.6 Å². The number of hydrogen-bond donors (Lipinski definition) is 3. The average molecular weight is 1580 g/mol. The minimum atomic E-state index is -5.03. The van der Waals surface area contributed by atoms with Gasteiger partial charge in [-0.1, -0.05) is 300 Å². The molecule has 0 heterocycles. The van der Waals surface area contributed by atoms with Crippen LogP contribution in [-0.4, -0.2) is 96.7 Å². The highest BCUT2D eigenvalue weighted by atomic mass is 31.2. The Hall–Kier alpha value is -5.84. The van der Waals surface area contributed by atoms with E-state index in [9.17, 15) is 43.2 Å². The number of phosphoric acid groups is 2. The van der Waals surface area contributed by atoms with E-state index >= 15 is 0 Å². The third-order valence-corrected chi connectivity index (χ3v) is 18.7. The zero-order chi connectivity index (χ0) is 80.3. The molecule has 17 nitrogen and oxygen atoms in total. The molecule has 0 aliphatic heterocycles. The molecule has 5 atom stereocenters. The van der Waals surface area contributed by atoms with Crippen molar-refractivity contribution in [2.24, 2.45) is 0 Å². The van der Waals surface area contributed by atoms with Crippen molar-refractivity contribution in [2.45, 2.75) is 329 Å². The molecule has 19 heteroatoms. The molecule has 0 aliphatic rings. The maximum atomic E-state index is 13.1. The normalized spacial score (nSPS) is 14.7. The van der Waals surface area contributed by atoms with Crippen molar-refractivity contribution >= 4 is 39.5 Å². The average Bonchev–Trinajstić information content (AvgIpc) is 0.900. The lowest BCUT2D eigenvalue weighted by Crippen LogP contribution is -2.30. The second-order valence-corrected chi connectivity index (χ2v) is 30.3. The molecule has 0 saturated heterocycles. The zero-order valence-electron chi connectivity index (χ0n) is 68.4. The molecule has 0 radical (unpaired) electrons. The van der Waals surface area contributed by atoms with Gasteiger partial charge >= 0.3 is 39.5 Å². The number of carbonyl (C=O) groups excluding carboxylic acids is 4. The predicted molar refractivity (Wildman–Crippen MR) is 454 cm³/mol. The summed E-state index contributed by atoms with van der Waals surface area (Å²) in [5.41, 5.74) is 0. The van der Waals surface area contributed by atoms with Crippen molar-refractivity contribution in [3.63, 3.8) is 0 Å². The second kappa shape index (κ2) is 81.2. The second-order valence-electron chi connectivity index (χ2n) is 27.3. The van der Waals surface area contributed by atoms with Crippen LogP contribution in [-0.2, 0) is 65.4 Å². The van der Waals surface area contributed by atoms with E-state index in [2.05, 4.69) is 161 Å². The van der Waals surface area contributed by atoms with Gasteiger partial charge < -0.3 is 33.8 Å². The van der Waals surface area contributed by atoms with Crippen LogP contribution in [0.2, 0.25) is 0 Å². The molecule has 0 aliphatic carbocycles. The summed E-state index contributed by atoms with van der Waals surface area (Å²) in [6.45, 7) is 4.54. The largest absolute Gasteiger partial charge is 0.472 e. The van der Waals surface area contributed by atoms with Crippen LogP contribution >= 0.6 is 15.6 Å². The van der Waals surface area contributed by atoms with Gasteiger partial charge in [0.2, 0.25) is 0 Å². The van der Waals surface area contributed by atoms with Crippen LogP contribution in [0.15, 0.2) is 182 Å². The van der Waals surface area contributed by atoms with Crippen molar-refractivity contribution < 1.29 is 80.2 Å². The maximum absolute atomic E-state index is 13.1. The molecule has 3 N–H and O–H groups in total. The van der Waals surface area contributed by atoms with Crippen molar-refractivity contribution in [3.8, 4) is 0 Å². The first-order valence-electron chi connectivity index (χ1n) is 42.0. The van der Waals surface area contributed by atoms with Crippen molar-refractivity contribution in [3.05, 3.63) is 182 Å². The van der Waals surface area contributed by atoms with Crippen LogP contribution in [0, 0.1) is 0 Å². The summed E-state index contributed by atoms with van der Waals surface area (Å²) in [4.78, 5) is 73.1. The third-order valence-electron chi connectivity index (χ3n) is 16.8. The van der Waals surface area contributed by atoms with Crippen LogP contribution in [0.25, 0.3) is 0 Å². The SMILES string of the molecule is CCCCC/C=C\C/C=C\C/C=C\C/C=C\C/C=C\CCC(=O)OC[C@H](COP(=O)(O)OC[C@@H](O)COP(=O)(O)OC[C@@H](COC(=O)CCC/C=C\C/C=C\C/C=C\C/C=C\CCCCC)OC(=O)CCCCCCCCC/C=C\CCCCCC)OC(=O)CC/C=C\C/C=C\C/C=C\C/C=C\C/C=C\CCCCC. The highest BCUT2D eigenvalue weighted by Gasteiger charge is 2.30. The fourth-order valence-electron chi connectivity index (χ4n) is 10.4. The minimum Gasteiger partial charge on any atom is -0.462 e. The van der Waals surface area contributed by atoms with E-state index in [0.717, 1.165) is 128 Å². The molecular weight excluding hydrogens is 1430 g/mol. The number of unbranched alkanes of at least 4 members (excludes halogenated alkanes) is 21. The Labute approximate surface area is 666 Å². The Bertz CT molecular complexity index is 2800. The number of aliphatic hydroxyl groups excluding tert-OH is 1. The Balaban J connectivity index is 5.58. The van der Waals surface area contributed by atoms with Crippen LogP contribution in [0.3, 0.4) is 0 Å². The van der Waals surface area contributed by atoms with Crippen LogP contribution in [0.1, 0.15) is 310 Å². The molecule has 0 aromatic rings. The van der Waals surface area contributed by atoms with Crippen molar-refractivity contribution in [1.29, 1.82) is 0 Å². The van der Waals surface area contributed by atoms with E-state index in [1.165, 1.54) is 83.5 Å². The fraction of sp³-hybridized carbons (Fsp3) is 0.626. The molecular formula is C91H148O17P2. The van der Waals surface area contributed by atoms with Gasteiger partial charge in [-0.15, -0.1) is 0 Å². The Kier molecular flexibility index (Phi) is 76.9. The van der Waals surface area contributed by atoms with Gasteiger partial charge in [0.1, 0.15) is 19.3 Å². The smallest absolute Gasteiger partial charge is 0.462 e. The van der Waals surface area contributed by atoms with Gasteiger partial charge in [0, 0.05) is 25.7 Å². The number of allylic oxidation sites excluding steroid dienone is 30. The highest BCUT2D eigenvalue weighted by molar-refractivity contribution is 7.47. The summed E-state index contributed by atoms with van der Waals surface area (Å²) in [7, 11) is -10.0. The van der Waals surface area contributed by atoms with E-state index in [4.69, 9.17) is 37.0 Å². The number of phosphoric ester groups is 2. The zero-order valence-corrected chi connectivity index (χ0v) is 70.1. The number of ether oxygens (including phenoxy) is 4. The monoisotopic (exact) mass is 1580 g/mol. The van der Waals surface area contributed by atoms with Gasteiger partial charge in [-0.3, -0.25) is 37.3 Å². The molecule has 0 fully saturated rings. The minimum absolute atomic E-state index is 0.0147. The quantitative estimate of drug-likeness (QED) is 0.0169. The summed E-state index contributed by atoms with van der Waals surface area (Å²) in [5.74, 6) is -2.45. The Morgan fingerprint density at radius 1 is 0.255 bits per heavy atom. The topological polar surface area (TPSA) is 237 Å². The summed E-state index contributed by atoms with van der Waals surface area (Å²) in [6, 6.07) is 0. The standard InChI is InChI=1S/C91H148O17P2/c1-5-9-13-17-21-25-29-33-37-40-42-45-49-52-56-60-64-68-72-76-89(94)102-82-87(108-91(96)78-74-70-66-62-58-54-50-46-43-41-38-34-30-26-22-18-14-10-6-2)84-106-110(99,100)104-80-85(92)79-103-109(97,98)105-83-86(107-90(95)77-73-69-65-61-57-53-47-36-32-28-24-20-16-12-8-4)81-101-88(93)75-71-67-63-59-55-51-48-44-39-35-31-27-23-19-15-11-7-3/h21-23,25-28,32-35,37-39,42-43,45-46,48,51-52,54,56,58-59,63-64,66,68,70,85-87,92H,5-20,24,29-31,36,40-41,44,47,49-50,53,55,57,60-62,65,67,69,71-84H2,1-4H3,(H,97,98)(H,99,100)/b25-21-,26-22-,27-23-,32-28-,37-33-,38-34-,39-35-,45-42-,46-43-,51-48-,56-52-,58-54-,63-59-,68-64-,70-66-/t85-,86+,87+/m0/s1. The number of esters is 4. The van der Waals surface area contributed by atoms with Gasteiger partial charge in [0.05, 0.1) is 26.4 Å². The van der Waals surface area contributed by atoms with Gasteiger partial charge in [-0.25, -0.2) is 9.13 Å². The fourth-order valence-corrected chi connectivity index (χ4v) is 12.0. The van der Waals surface area contributed by atoms with E-state index in [0.29, 0.717) is 44.9 Å². The molecule has 0 aromatic carbocycles. The lowest BCUT2D eigenvalue weighted by Gasteiger charge is -2.21. The first kappa shape index (κ1) is 104. The summed E-state index contributed by atoms with van der Waals surface area (Å²) in [6.07, 6.45) is 99.0. The highest BCUT2D eigenvalue weighted by Crippen LogP contribution is 2.45. The van der Waals surface area contributed by atoms with Crippen LogP contribution < -0.4 is 0 Å². The van der Waals surface area contributed by atoms with Gasteiger partial charge in [0.25, 0.3) is 0 Å². The lowest BCUT2D eigenvalue weighted by atomic mass is 10.1. The summed E-state index contributed by atoms with van der Waals surface area (Å²) in [5, 5.41) is 10.7. The Morgan fingerprint density at radius 3 is 0.809 bits per heavy atom. The molecule has 0 rings (SSSR count). The van der Waals surface area contributed by atoms with E-state index in [-0.39, 0.29) is 25.7 Å². The van der Waals surface area contributed by atoms with Crippen molar-refractivity contribution in [2.75, 3.05) is 39.6 Å². The molecule has 624 valence electrons. The Morgan fingerprint density at radius 2 is 0.473 bits per heavy atom. The molecule has 0 saturated carbocycles. The van der Waals surface area contributed by atoms with E-state index < -0.39 is 97.5 Å². The first-order valence-corrected chi connectivity index (χ1v) is 45.0. The van der Waals surface area contributed by atoms with E-state index in [1.54, 1.807) is 0 Å². The van der Waals surface area contributed by atoms with Gasteiger partial charge in [0.15, 0.2) is 12.2 Å².